The van der Waals surface area contributed by atoms with E-state index in [1.165, 1.54) is 37.3 Å². The number of nitrogens with one attached hydrogen (secondary N) is 2. The lowest BCUT2D eigenvalue weighted by Gasteiger charge is -2.10. The molecular weight excluding hydrogens is 366 g/mol. The van der Waals surface area contributed by atoms with Crippen molar-refractivity contribution >= 4 is 23.2 Å². The molecule has 5 nitrogen and oxygen atoms in total. The smallest absolute Gasteiger partial charge is 0.326 e. The van der Waals surface area contributed by atoms with E-state index in [0.717, 1.165) is 18.2 Å². The summed E-state index contributed by atoms with van der Waals surface area (Å²) in [5.74, 6) is -1.84. The van der Waals surface area contributed by atoms with E-state index in [-0.39, 0.29) is 23.4 Å². The molecule has 142 valence electrons. The summed E-state index contributed by atoms with van der Waals surface area (Å²) in [6.07, 6.45) is -4.76. The summed E-state index contributed by atoms with van der Waals surface area (Å²) in [6.45, 7) is 1.46. The van der Waals surface area contributed by atoms with Crippen molar-refractivity contribution in [2.45, 2.75) is 19.5 Å². The maximum absolute atomic E-state index is 13.1. The van der Waals surface area contributed by atoms with Crippen LogP contribution >= 0.6 is 0 Å². The van der Waals surface area contributed by atoms with Crippen LogP contribution in [0.5, 0.6) is 0 Å². The Morgan fingerprint density at radius 3 is 2.44 bits per heavy atom. The summed E-state index contributed by atoms with van der Waals surface area (Å²) >= 11 is 0. The second-order valence-electron chi connectivity index (χ2n) is 5.60. The molecule has 0 heterocycles. The van der Waals surface area contributed by atoms with E-state index < -0.39 is 29.4 Å². The summed E-state index contributed by atoms with van der Waals surface area (Å²) in [6, 6.07) is 9.18. The van der Waals surface area contributed by atoms with E-state index >= 15 is 0 Å². The van der Waals surface area contributed by atoms with Crippen molar-refractivity contribution in [1.82, 2.24) is 5.43 Å². The van der Waals surface area contributed by atoms with Crippen LogP contribution in [-0.2, 0) is 11.0 Å². The number of carbonyl (C=O) groups is 2. The van der Waals surface area contributed by atoms with Gasteiger partial charge in [0.25, 0.3) is 5.91 Å². The number of benzene rings is 2. The van der Waals surface area contributed by atoms with E-state index in [9.17, 15) is 27.2 Å². The van der Waals surface area contributed by atoms with Gasteiger partial charge in [-0.3, -0.25) is 9.59 Å². The molecule has 0 spiro atoms. The minimum atomic E-state index is -4.51. The molecule has 0 saturated carbocycles. The van der Waals surface area contributed by atoms with E-state index in [4.69, 9.17) is 0 Å². The molecule has 0 fully saturated rings. The molecule has 2 amide bonds. The largest absolute Gasteiger partial charge is 0.416 e. The molecule has 27 heavy (non-hydrogen) atoms. The lowest BCUT2D eigenvalue weighted by molar-refractivity contribution is -0.137. The van der Waals surface area contributed by atoms with Crippen LogP contribution < -0.4 is 10.7 Å². The van der Waals surface area contributed by atoms with Crippen molar-refractivity contribution in [3.8, 4) is 0 Å². The molecule has 0 unspecified atom stereocenters. The molecule has 2 N–H and O–H groups in total. The molecule has 0 aliphatic rings. The van der Waals surface area contributed by atoms with Gasteiger partial charge in [-0.25, -0.2) is 9.82 Å². The van der Waals surface area contributed by atoms with Gasteiger partial charge in [-0.05, 0) is 43.3 Å². The quantitative estimate of drug-likeness (QED) is 0.467. The average Bonchev–Trinajstić information content (AvgIpc) is 2.59. The highest BCUT2D eigenvalue weighted by Crippen LogP contribution is 2.30. The lowest BCUT2D eigenvalue weighted by atomic mass is 10.2. The highest BCUT2D eigenvalue weighted by molar-refractivity contribution is 6.06. The molecule has 0 atom stereocenters. The lowest BCUT2D eigenvalue weighted by Crippen LogP contribution is -2.21. The number of hydrogen-bond donors (Lipinski definition) is 2. The van der Waals surface area contributed by atoms with Gasteiger partial charge in [-0.1, -0.05) is 12.1 Å². The van der Waals surface area contributed by atoms with Crippen molar-refractivity contribution in [2.24, 2.45) is 5.10 Å². The van der Waals surface area contributed by atoms with Crippen LogP contribution in [0.25, 0.3) is 0 Å². The van der Waals surface area contributed by atoms with Gasteiger partial charge in [-0.15, -0.1) is 0 Å². The minimum Gasteiger partial charge on any atom is -0.326 e. The monoisotopic (exact) mass is 381 g/mol. The number of carbonyl (C=O) groups excluding carboxylic acids is 2. The maximum Gasteiger partial charge on any atom is 0.416 e. The molecule has 0 bridgehead atoms. The summed E-state index contributed by atoms with van der Waals surface area (Å²) in [5, 5.41) is 6.05. The van der Waals surface area contributed by atoms with Crippen LogP contribution in [0.4, 0.5) is 23.2 Å². The van der Waals surface area contributed by atoms with Gasteiger partial charge in [0.05, 0.1) is 12.0 Å². The predicted molar refractivity (Wildman–Crippen MR) is 91.7 cm³/mol. The number of rotatable bonds is 5. The summed E-state index contributed by atoms with van der Waals surface area (Å²) in [4.78, 5) is 23.7. The highest BCUT2D eigenvalue weighted by atomic mass is 19.4. The third-order valence-corrected chi connectivity index (χ3v) is 3.33. The molecule has 0 saturated heterocycles. The number of amides is 2. The second-order valence-corrected chi connectivity index (χ2v) is 5.60. The zero-order valence-electron chi connectivity index (χ0n) is 14.1. The van der Waals surface area contributed by atoms with Gasteiger partial charge in [0.15, 0.2) is 0 Å². The summed E-state index contributed by atoms with van der Waals surface area (Å²) in [7, 11) is 0. The van der Waals surface area contributed by atoms with Gasteiger partial charge in [0, 0.05) is 17.0 Å². The van der Waals surface area contributed by atoms with Crippen LogP contribution in [0.15, 0.2) is 53.6 Å². The number of hydrogen-bond acceptors (Lipinski definition) is 3. The first-order valence-corrected chi connectivity index (χ1v) is 7.71. The fourth-order valence-corrected chi connectivity index (χ4v) is 2.09. The molecular formula is C18H15F4N3O2. The fraction of sp³-hybridized carbons (Fsp3) is 0.167. The number of anilines is 1. The van der Waals surface area contributed by atoms with Gasteiger partial charge < -0.3 is 5.32 Å². The molecule has 0 radical (unpaired) electrons. The highest BCUT2D eigenvalue weighted by Gasteiger charge is 2.30. The third-order valence-electron chi connectivity index (χ3n) is 3.33. The van der Waals surface area contributed by atoms with Crippen molar-refractivity contribution in [1.29, 1.82) is 0 Å². The Morgan fingerprint density at radius 1 is 1.07 bits per heavy atom. The van der Waals surface area contributed by atoms with Gasteiger partial charge in [0.2, 0.25) is 5.91 Å². The van der Waals surface area contributed by atoms with E-state index in [1.807, 2.05) is 0 Å². The van der Waals surface area contributed by atoms with Crippen LogP contribution in [0.3, 0.4) is 0 Å². The molecule has 0 aliphatic heterocycles. The van der Waals surface area contributed by atoms with Gasteiger partial charge >= 0.3 is 6.18 Å². The number of halogens is 4. The molecule has 9 heteroatoms. The van der Waals surface area contributed by atoms with Crippen molar-refractivity contribution in [3.05, 3.63) is 65.5 Å². The summed E-state index contributed by atoms with van der Waals surface area (Å²) < 4.78 is 51.1. The Balaban J connectivity index is 1.93. The third kappa shape index (κ3) is 6.21. The van der Waals surface area contributed by atoms with Crippen LogP contribution in [0, 0.1) is 5.82 Å². The SMILES string of the molecule is C/C(CC(=O)Nc1cccc(C(F)(F)F)c1)=N/NC(=O)c1cccc(F)c1. The Bertz CT molecular complexity index is 879. The van der Waals surface area contributed by atoms with Crippen LogP contribution in [0.1, 0.15) is 29.3 Å². The van der Waals surface area contributed by atoms with Gasteiger partial charge in [-0.2, -0.15) is 18.3 Å². The molecule has 0 aliphatic carbocycles. The second kappa shape index (κ2) is 8.43. The Hall–Kier alpha value is -3.23. The Kier molecular flexibility index (Phi) is 6.27. The fourth-order valence-electron chi connectivity index (χ4n) is 2.09. The normalized spacial score (nSPS) is 11.8. The summed E-state index contributed by atoms with van der Waals surface area (Å²) in [5.41, 5.74) is 1.56. The first-order chi connectivity index (χ1) is 12.6. The van der Waals surface area contributed by atoms with Crippen LogP contribution in [-0.4, -0.2) is 17.5 Å². The van der Waals surface area contributed by atoms with E-state index in [2.05, 4.69) is 15.8 Å². The molecule has 2 rings (SSSR count). The zero-order chi connectivity index (χ0) is 20.0. The molecule has 0 aromatic heterocycles. The standard InChI is InChI=1S/C18H15F4N3O2/c1-11(24-25-17(27)12-4-2-6-14(19)9-12)8-16(26)23-15-7-3-5-13(10-15)18(20,21)22/h2-7,9-10H,8H2,1H3,(H,23,26)(H,25,27)/b24-11-. The van der Waals surface area contributed by atoms with Crippen LogP contribution in [0.2, 0.25) is 0 Å². The first-order valence-electron chi connectivity index (χ1n) is 7.71. The van der Waals surface area contributed by atoms with Crippen molar-refractivity contribution < 1.29 is 27.2 Å². The first kappa shape index (κ1) is 20.1. The Labute approximate surface area is 152 Å². The topological polar surface area (TPSA) is 70.6 Å². The number of hydrazone groups is 1. The van der Waals surface area contributed by atoms with Gasteiger partial charge in [0.1, 0.15) is 5.82 Å². The number of nitrogens with zero attached hydrogens (tertiary/aromatic N) is 1. The van der Waals surface area contributed by atoms with Crippen molar-refractivity contribution in [3.63, 3.8) is 0 Å². The maximum atomic E-state index is 13.1. The molecule has 2 aromatic rings. The average molecular weight is 381 g/mol. The predicted octanol–water partition coefficient (Wildman–Crippen LogP) is 3.98. The number of alkyl halides is 3. The van der Waals surface area contributed by atoms with Crippen molar-refractivity contribution in [2.75, 3.05) is 5.32 Å². The van der Waals surface area contributed by atoms with E-state index in [0.29, 0.717) is 0 Å². The molecule has 2 aromatic carbocycles. The Morgan fingerprint density at radius 2 is 1.78 bits per heavy atom. The minimum absolute atomic E-state index is 0.00794. The van der Waals surface area contributed by atoms with E-state index in [1.54, 1.807) is 0 Å². The zero-order valence-corrected chi connectivity index (χ0v) is 14.1.